The summed E-state index contributed by atoms with van der Waals surface area (Å²) in [5.41, 5.74) is 2.62. The highest BCUT2D eigenvalue weighted by Gasteiger charge is 2.28. The SMILES string of the molecule is CC[C@@H](NC(=O)c1cc(C(=O)NC(CO)C(C)C)n2c1COCC2)c1ccccc1. The topological polar surface area (TPSA) is 92.6 Å². The molecule has 7 nitrogen and oxygen atoms in total. The molecule has 3 rings (SSSR count). The first-order valence-electron chi connectivity index (χ1n) is 10.5. The van der Waals surface area contributed by atoms with E-state index in [9.17, 15) is 14.7 Å². The van der Waals surface area contributed by atoms with Gasteiger partial charge >= 0.3 is 0 Å². The second-order valence-corrected chi connectivity index (χ2v) is 7.95. The molecule has 1 aromatic heterocycles. The molecule has 1 unspecified atom stereocenters. The molecule has 2 heterocycles. The number of ether oxygens (including phenoxy) is 1. The molecule has 2 amide bonds. The van der Waals surface area contributed by atoms with Crippen molar-refractivity contribution in [1.82, 2.24) is 15.2 Å². The summed E-state index contributed by atoms with van der Waals surface area (Å²) >= 11 is 0. The zero-order valence-electron chi connectivity index (χ0n) is 17.9. The molecular weight excluding hydrogens is 382 g/mol. The van der Waals surface area contributed by atoms with E-state index >= 15 is 0 Å². The van der Waals surface area contributed by atoms with Gasteiger partial charge < -0.3 is 25.0 Å². The van der Waals surface area contributed by atoms with Gasteiger partial charge in [0, 0.05) is 6.54 Å². The van der Waals surface area contributed by atoms with Crippen LogP contribution in [-0.2, 0) is 17.9 Å². The van der Waals surface area contributed by atoms with Gasteiger partial charge in [-0.25, -0.2) is 0 Å². The first-order chi connectivity index (χ1) is 14.5. The molecule has 1 aliphatic rings. The summed E-state index contributed by atoms with van der Waals surface area (Å²) in [4.78, 5) is 26.0. The molecule has 2 aromatic rings. The van der Waals surface area contributed by atoms with E-state index in [4.69, 9.17) is 4.74 Å². The molecule has 30 heavy (non-hydrogen) atoms. The van der Waals surface area contributed by atoms with Crippen LogP contribution in [0.25, 0.3) is 0 Å². The minimum absolute atomic E-state index is 0.0945. The molecular formula is C23H31N3O4. The quantitative estimate of drug-likeness (QED) is 0.620. The number of nitrogens with zero attached hydrogens (tertiary/aromatic N) is 1. The van der Waals surface area contributed by atoms with E-state index < -0.39 is 0 Å². The van der Waals surface area contributed by atoms with Crippen LogP contribution in [0, 0.1) is 5.92 Å². The summed E-state index contributed by atoms with van der Waals surface area (Å²) in [6.07, 6.45) is 0.752. The van der Waals surface area contributed by atoms with E-state index in [2.05, 4.69) is 10.6 Å². The number of carbonyl (C=O) groups excluding carboxylic acids is 2. The number of nitrogens with one attached hydrogen (secondary N) is 2. The lowest BCUT2D eigenvalue weighted by molar-refractivity contribution is 0.0764. The Hall–Kier alpha value is -2.64. The van der Waals surface area contributed by atoms with Crippen molar-refractivity contribution in [3.8, 4) is 0 Å². The minimum atomic E-state index is -0.344. The first kappa shape index (κ1) is 22.1. The van der Waals surface area contributed by atoms with Gasteiger partial charge in [-0.2, -0.15) is 0 Å². The predicted octanol–water partition coefficient (Wildman–Crippen LogP) is 2.65. The van der Waals surface area contributed by atoms with Crippen molar-refractivity contribution in [3.05, 3.63) is 58.9 Å². The molecule has 0 bridgehead atoms. The lowest BCUT2D eigenvalue weighted by Gasteiger charge is -2.22. The van der Waals surface area contributed by atoms with Gasteiger partial charge in [0.2, 0.25) is 0 Å². The fourth-order valence-corrected chi connectivity index (χ4v) is 3.72. The van der Waals surface area contributed by atoms with Crippen molar-refractivity contribution in [1.29, 1.82) is 0 Å². The number of aliphatic hydroxyl groups is 1. The molecule has 1 aromatic carbocycles. The Labute approximate surface area is 177 Å². The van der Waals surface area contributed by atoms with E-state index in [-0.39, 0.29) is 43.0 Å². The molecule has 162 valence electrons. The first-order valence-corrected chi connectivity index (χ1v) is 10.5. The molecule has 3 N–H and O–H groups in total. The van der Waals surface area contributed by atoms with Crippen LogP contribution in [0.15, 0.2) is 36.4 Å². The molecule has 7 heteroatoms. The van der Waals surface area contributed by atoms with Crippen LogP contribution in [0.1, 0.15) is 65.3 Å². The monoisotopic (exact) mass is 413 g/mol. The highest BCUT2D eigenvalue weighted by atomic mass is 16.5. The maximum Gasteiger partial charge on any atom is 0.268 e. The lowest BCUT2D eigenvalue weighted by atomic mass is 10.0. The van der Waals surface area contributed by atoms with Crippen molar-refractivity contribution in [2.24, 2.45) is 5.92 Å². The Bertz CT molecular complexity index is 876. The summed E-state index contributed by atoms with van der Waals surface area (Å²) < 4.78 is 7.42. The Morgan fingerprint density at radius 3 is 2.53 bits per heavy atom. The highest BCUT2D eigenvalue weighted by Crippen LogP contribution is 2.23. The van der Waals surface area contributed by atoms with E-state index in [0.29, 0.717) is 30.1 Å². The van der Waals surface area contributed by atoms with Gasteiger partial charge in [-0.3, -0.25) is 9.59 Å². The van der Waals surface area contributed by atoms with Gasteiger partial charge in [0.1, 0.15) is 5.69 Å². The summed E-state index contributed by atoms with van der Waals surface area (Å²) in [7, 11) is 0. The molecule has 2 atom stereocenters. The average Bonchev–Trinajstić information content (AvgIpc) is 3.16. The average molecular weight is 414 g/mol. The summed E-state index contributed by atoms with van der Waals surface area (Å²) in [5, 5.41) is 15.5. The number of aromatic nitrogens is 1. The fourth-order valence-electron chi connectivity index (χ4n) is 3.72. The summed E-state index contributed by atoms with van der Waals surface area (Å²) in [5.74, 6) is -0.418. The zero-order valence-corrected chi connectivity index (χ0v) is 17.9. The molecule has 0 aliphatic carbocycles. The van der Waals surface area contributed by atoms with Crippen molar-refractivity contribution in [2.75, 3.05) is 13.2 Å². The van der Waals surface area contributed by atoms with E-state index in [1.165, 1.54) is 0 Å². The molecule has 0 saturated carbocycles. The largest absolute Gasteiger partial charge is 0.394 e. The van der Waals surface area contributed by atoms with Crippen LogP contribution in [0.2, 0.25) is 0 Å². The third kappa shape index (κ3) is 4.74. The Kier molecular flexibility index (Phi) is 7.29. The zero-order chi connectivity index (χ0) is 21.7. The van der Waals surface area contributed by atoms with Crippen molar-refractivity contribution in [3.63, 3.8) is 0 Å². The number of carbonyl (C=O) groups is 2. The van der Waals surface area contributed by atoms with Gasteiger partial charge in [-0.15, -0.1) is 0 Å². The summed E-state index contributed by atoms with van der Waals surface area (Å²) in [6, 6.07) is 11.0. The third-order valence-corrected chi connectivity index (χ3v) is 5.62. The van der Waals surface area contributed by atoms with Gasteiger partial charge in [-0.1, -0.05) is 51.1 Å². The number of hydrogen-bond acceptors (Lipinski definition) is 4. The van der Waals surface area contributed by atoms with Crippen LogP contribution >= 0.6 is 0 Å². The number of fused-ring (bicyclic) bond motifs is 1. The van der Waals surface area contributed by atoms with Crippen molar-refractivity contribution in [2.45, 2.75) is 52.4 Å². The number of amides is 2. The highest BCUT2D eigenvalue weighted by molar-refractivity contribution is 6.01. The molecule has 0 fully saturated rings. The second-order valence-electron chi connectivity index (χ2n) is 7.95. The lowest BCUT2D eigenvalue weighted by Crippen LogP contribution is -2.42. The van der Waals surface area contributed by atoms with E-state index in [1.54, 1.807) is 6.07 Å². The smallest absolute Gasteiger partial charge is 0.268 e. The maximum atomic E-state index is 13.1. The number of rotatable bonds is 8. The minimum Gasteiger partial charge on any atom is -0.394 e. The van der Waals surface area contributed by atoms with Crippen LogP contribution in [0.5, 0.6) is 0 Å². The fraction of sp³-hybridized carbons (Fsp3) is 0.478. The normalized spacial score (nSPS) is 15.4. The molecule has 0 radical (unpaired) electrons. The predicted molar refractivity (Wildman–Crippen MR) is 114 cm³/mol. The van der Waals surface area contributed by atoms with Crippen LogP contribution in [0.4, 0.5) is 0 Å². The van der Waals surface area contributed by atoms with Gasteiger partial charge in [0.25, 0.3) is 11.8 Å². The van der Waals surface area contributed by atoms with E-state index in [0.717, 1.165) is 12.0 Å². The van der Waals surface area contributed by atoms with Crippen LogP contribution in [-0.4, -0.2) is 40.7 Å². The van der Waals surface area contributed by atoms with E-state index in [1.807, 2.05) is 55.7 Å². The Morgan fingerprint density at radius 1 is 1.17 bits per heavy atom. The maximum absolute atomic E-state index is 13.1. The second kappa shape index (κ2) is 9.91. The summed E-state index contributed by atoms with van der Waals surface area (Å²) in [6.45, 7) is 7.04. The molecule has 1 aliphatic heterocycles. The standard InChI is InChI=1S/C23H31N3O4/c1-4-18(16-8-6-5-7-9-16)24-22(28)17-12-20(26-10-11-30-14-21(17)26)23(29)25-19(13-27)15(2)3/h5-9,12,15,18-19,27H,4,10-11,13-14H2,1-3H3,(H,24,28)(H,25,29)/t18-,19?/m1/s1. The molecule has 0 spiro atoms. The van der Waals surface area contributed by atoms with Crippen LogP contribution in [0.3, 0.4) is 0 Å². The van der Waals surface area contributed by atoms with Gasteiger partial charge in [-0.05, 0) is 24.0 Å². The van der Waals surface area contributed by atoms with Crippen molar-refractivity contribution < 1.29 is 19.4 Å². The van der Waals surface area contributed by atoms with Crippen LogP contribution < -0.4 is 10.6 Å². The Morgan fingerprint density at radius 2 is 1.90 bits per heavy atom. The number of benzene rings is 1. The van der Waals surface area contributed by atoms with Gasteiger partial charge in [0.15, 0.2) is 0 Å². The number of aliphatic hydroxyl groups excluding tert-OH is 1. The Balaban J connectivity index is 1.86. The molecule has 0 saturated heterocycles. The number of hydrogen-bond donors (Lipinski definition) is 3. The van der Waals surface area contributed by atoms with Gasteiger partial charge in [0.05, 0.1) is 43.2 Å². The third-order valence-electron chi connectivity index (χ3n) is 5.62. The van der Waals surface area contributed by atoms with Crippen molar-refractivity contribution >= 4 is 11.8 Å².